The van der Waals surface area contributed by atoms with Crippen molar-refractivity contribution < 1.29 is 0 Å². The average molecular weight is 316 g/mol. The molecule has 1 fully saturated rings. The van der Waals surface area contributed by atoms with Crippen LogP contribution in [-0.2, 0) is 0 Å². The molecule has 1 aliphatic rings. The molecule has 0 aliphatic carbocycles. The van der Waals surface area contributed by atoms with E-state index in [-0.39, 0.29) is 6.04 Å². The zero-order valence-electron chi connectivity index (χ0n) is 12.1. The Balaban J connectivity index is 2.21. The minimum absolute atomic E-state index is 0.143. The number of benzene rings is 1. The van der Waals surface area contributed by atoms with Crippen LogP contribution < -0.4 is 5.73 Å². The Hall–Kier alpha value is -0.320. The van der Waals surface area contributed by atoms with E-state index in [9.17, 15) is 0 Å². The first-order chi connectivity index (χ1) is 9.52. The van der Waals surface area contributed by atoms with Gasteiger partial charge in [-0.05, 0) is 57.2 Å². The highest BCUT2D eigenvalue weighted by atomic mass is 35.5. The minimum atomic E-state index is 0.143. The molecule has 1 aromatic carbocycles. The Morgan fingerprint density at radius 3 is 2.80 bits per heavy atom. The van der Waals surface area contributed by atoms with Gasteiger partial charge < -0.3 is 10.6 Å². The van der Waals surface area contributed by atoms with Gasteiger partial charge in [0.2, 0.25) is 0 Å². The van der Waals surface area contributed by atoms with E-state index in [2.05, 4.69) is 23.9 Å². The van der Waals surface area contributed by atoms with E-state index in [1.54, 1.807) is 0 Å². The number of hydrogen-bond acceptors (Lipinski definition) is 3. The lowest BCUT2D eigenvalue weighted by atomic mass is 9.99. The number of hydrogen-bond donors (Lipinski definition) is 1. The number of nitrogens with zero attached hydrogens (tertiary/aromatic N) is 2. The second kappa shape index (κ2) is 7.10. The standard InChI is InChI=1S/C15H23Cl2N3/c1-19(2)12-4-3-7-20(10-12)15(9-18)13-8-11(16)5-6-14(13)17/h5-6,8,12,15H,3-4,7,9-10,18H2,1-2H3. The summed E-state index contributed by atoms with van der Waals surface area (Å²) in [6, 6.07) is 6.34. The number of piperidine rings is 1. The van der Waals surface area contributed by atoms with Gasteiger partial charge in [-0.15, -0.1) is 0 Å². The minimum Gasteiger partial charge on any atom is -0.329 e. The Kier molecular flexibility index (Phi) is 5.70. The normalized spacial score (nSPS) is 22.2. The van der Waals surface area contributed by atoms with Gasteiger partial charge in [0, 0.05) is 35.2 Å². The van der Waals surface area contributed by atoms with Crippen molar-refractivity contribution in [3.8, 4) is 0 Å². The molecule has 1 heterocycles. The van der Waals surface area contributed by atoms with Crippen LogP contribution in [0.15, 0.2) is 18.2 Å². The maximum Gasteiger partial charge on any atom is 0.0486 e. The lowest BCUT2D eigenvalue weighted by Gasteiger charge is -2.40. The maximum absolute atomic E-state index is 6.34. The van der Waals surface area contributed by atoms with Crippen molar-refractivity contribution >= 4 is 23.2 Å². The van der Waals surface area contributed by atoms with Crippen molar-refractivity contribution in [1.82, 2.24) is 9.80 Å². The molecule has 1 aromatic rings. The SMILES string of the molecule is CN(C)C1CCCN(C(CN)c2cc(Cl)ccc2Cl)C1. The number of halogens is 2. The van der Waals surface area contributed by atoms with Crippen molar-refractivity contribution in [2.24, 2.45) is 5.73 Å². The van der Waals surface area contributed by atoms with Gasteiger partial charge in [0.25, 0.3) is 0 Å². The Labute approximate surface area is 131 Å². The molecule has 0 aromatic heterocycles. The molecule has 0 radical (unpaired) electrons. The highest BCUT2D eigenvalue weighted by molar-refractivity contribution is 6.33. The molecule has 0 saturated carbocycles. The number of rotatable bonds is 4. The molecule has 3 nitrogen and oxygen atoms in total. The van der Waals surface area contributed by atoms with Crippen LogP contribution in [0, 0.1) is 0 Å². The smallest absolute Gasteiger partial charge is 0.0486 e. The second-order valence-corrected chi connectivity index (χ2v) is 6.52. The first kappa shape index (κ1) is 16.1. The average Bonchev–Trinajstić information content (AvgIpc) is 2.44. The fourth-order valence-corrected chi connectivity index (χ4v) is 3.35. The zero-order valence-corrected chi connectivity index (χ0v) is 13.7. The predicted molar refractivity (Wildman–Crippen MR) is 86.5 cm³/mol. The van der Waals surface area contributed by atoms with Gasteiger partial charge in [-0.2, -0.15) is 0 Å². The molecule has 0 spiro atoms. The summed E-state index contributed by atoms with van der Waals surface area (Å²) in [6.07, 6.45) is 2.43. The lowest BCUT2D eigenvalue weighted by molar-refractivity contribution is 0.0984. The monoisotopic (exact) mass is 315 g/mol. The van der Waals surface area contributed by atoms with E-state index >= 15 is 0 Å². The molecule has 1 aliphatic heterocycles. The third-order valence-corrected chi connectivity index (χ3v) is 4.72. The highest BCUT2D eigenvalue weighted by Gasteiger charge is 2.28. The molecule has 0 bridgehead atoms. The van der Waals surface area contributed by atoms with Gasteiger partial charge in [0.05, 0.1) is 0 Å². The molecule has 2 rings (SSSR count). The van der Waals surface area contributed by atoms with E-state index < -0.39 is 0 Å². The predicted octanol–water partition coefficient (Wildman–Crippen LogP) is 3.02. The number of nitrogens with two attached hydrogens (primary N) is 1. The van der Waals surface area contributed by atoms with Crippen LogP contribution >= 0.6 is 23.2 Å². The van der Waals surface area contributed by atoms with Crippen molar-refractivity contribution in [3.63, 3.8) is 0 Å². The first-order valence-electron chi connectivity index (χ1n) is 7.08. The molecule has 0 amide bonds. The summed E-state index contributed by atoms with van der Waals surface area (Å²) >= 11 is 12.4. The third-order valence-electron chi connectivity index (χ3n) is 4.14. The molecular weight excluding hydrogens is 293 g/mol. The molecular formula is C15H23Cl2N3. The number of likely N-dealkylation sites (tertiary alicyclic amines) is 1. The van der Waals surface area contributed by atoms with Crippen LogP contribution in [-0.4, -0.2) is 49.6 Å². The lowest BCUT2D eigenvalue weighted by Crippen LogP contribution is -2.47. The van der Waals surface area contributed by atoms with Crippen LogP contribution in [0.3, 0.4) is 0 Å². The third kappa shape index (κ3) is 3.66. The van der Waals surface area contributed by atoms with E-state index in [4.69, 9.17) is 28.9 Å². The van der Waals surface area contributed by atoms with Crippen LogP contribution in [0.25, 0.3) is 0 Å². The van der Waals surface area contributed by atoms with E-state index in [0.717, 1.165) is 23.7 Å². The van der Waals surface area contributed by atoms with E-state index in [1.165, 1.54) is 12.8 Å². The molecule has 20 heavy (non-hydrogen) atoms. The van der Waals surface area contributed by atoms with Crippen LogP contribution in [0.1, 0.15) is 24.4 Å². The van der Waals surface area contributed by atoms with Crippen LogP contribution in [0.2, 0.25) is 10.0 Å². The quantitative estimate of drug-likeness (QED) is 0.927. The van der Waals surface area contributed by atoms with E-state index in [0.29, 0.717) is 17.6 Å². The summed E-state index contributed by atoms with van der Waals surface area (Å²) in [5.74, 6) is 0. The fourth-order valence-electron chi connectivity index (χ4n) is 2.93. The number of likely N-dealkylation sites (N-methyl/N-ethyl adjacent to an activating group) is 1. The summed E-state index contributed by atoms with van der Waals surface area (Å²) in [5, 5.41) is 1.46. The van der Waals surface area contributed by atoms with Crippen molar-refractivity contribution in [2.75, 3.05) is 33.7 Å². The van der Waals surface area contributed by atoms with Gasteiger partial charge in [-0.3, -0.25) is 4.90 Å². The zero-order chi connectivity index (χ0) is 14.7. The summed E-state index contributed by atoms with van der Waals surface area (Å²) in [4.78, 5) is 4.73. The molecule has 2 unspecified atom stereocenters. The molecule has 1 saturated heterocycles. The summed E-state index contributed by atoms with van der Waals surface area (Å²) in [5.41, 5.74) is 7.06. The maximum atomic E-state index is 6.34. The van der Waals surface area contributed by atoms with Crippen molar-refractivity contribution in [3.05, 3.63) is 33.8 Å². The summed E-state index contributed by atoms with van der Waals surface area (Å²) in [7, 11) is 4.27. The summed E-state index contributed by atoms with van der Waals surface area (Å²) < 4.78 is 0. The molecule has 112 valence electrons. The van der Waals surface area contributed by atoms with E-state index in [1.807, 2.05) is 18.2 Å². The van der Waals surface area contributed by atoms with Crippen LogP contribution in [0.4, 0.5) is 0 Å². The van der Waals surface area contributed by atoms with Crippen molar-refractivity contribution in [2.45, 2.75) is 24.9 Å². The van der Waals surface area contributed by atoms with Gasteiger partial charge in [-0.1, -0.05) is 23.2 Å². The largest absolute Gasteiger partial charge is 0.329 e. The first-order valence-corrected chi connectivity index (χ1v) is 7.84. The Morgan fingerprint density at radius 1 is 1.40 bits per heavy atom. The molecule has 5 heteroatoms. The van der Waals surface area contributed by atoms with Gasteiger partial charge in [-0.25, -0.2) is 0 Å². The highest BCUT2D eigenvalue weighted by Crippen LogP contribution is 2.31. The second-order valence-electron chi connectivity index (χ2n) is 5.67. The topological polar surface area (TPSA) is 32.5 Å². The molecule has 2 atom stereocenters. The Bertz CT molecular complexity index is 451. The van der Waals surface area contributed by atoms with Gasteiger partial charge in [0.15, 0.2) is 0 Å². The fraction of sp³-hybridized carbons (Fsp3) is 0.600. The molecule has 2 N–H and O–H groups in total. The summed E-state index contributed by atoms with van der Waals surface area (Å²) in [6.45, 7) is 2.65. The van der Waals surface area contributed by atoms with Gasteiger partial charge in [0.1, 0.15) is 0 Å². The Morgan fingerprint density at radius 2 is 2.15 bits per heavy atom. The van der Waals surface area contributed by atoms with Gasteiger partial charge >= 0.3 is 0 Å². The van der Waals surface area contributed by atoms with Crippen LogP contribution in [0.5, 0.6) is 0 Å². The van der Waals surface area contributed by atoms with Crippen molar-refractivity contribution in [1.29, 1.82) is 0 Å².